The topological polar surface area (TPSA) is 49.9 Å². The van der Waals surface area contributed by atoms with E-state index in [1.54, 1.807) is 0 Å². The molecule has 0 aromatic heterocycles. The summed E-state index contributed by atoms with van der Waals surface area (Å²) in [6.07, 6.45) is 3.24. The first-order valence-electron chi connectivity index (χ1n) is 8.46. The fourth-order valence-corrected chi connectivity index (χ4v) is 4.11. The smallest absolute Gasteiger partial charge is 0.410 e. The van der Waals surface area contributed by atoms with E-state index < -0.39 is 0 Å². The number of carbonyl (C=O) groups is 2. The molecule has 6 heteroatoms. The lowest BCUT2D eigenvalue weighted by Gasteiger charge is -2.35. The monoisotopic (exact) mass is 442 g/mol. The zero-order valence-electron chi connectivity index (χ0n) is 13.9. The van der Waals surface area contributed by atoms with E-state index in [2.05, 4.69) is 0 Å². The molecule has 1 saturated heterocycles. The first-order valence-corrected chi connectivity index (χ1v) is 9.98. The molecular formula is C18H23IN2O3. The fraction of sp³-hybridized carbons (Fsp3) is 0.556. The van der Waals surface area contributed by atoms with Crippen LogP contribution >= 0.6 is 22.6 Å². The molecule has 0 N–H and O–H groups in total. The number of carbonyl (C=O) groups excluding carboxylic acids is 2. The maximum Gasteiger partial charge on any atom is 0.410 e. The van der Waals surface area contributed by atoms with Crippen LogP contribution in [0.4, 0.5) is 10.5 Å². The summed E-state index contributed by atoms with van der Waals surface area (Å²) in [5, 5.41) is 0. The minimum Gasteiger partial charge on any atom is -0.439 e. The highest BCUT2D eigenvalue weighted by Crippen LogP contribution is 2.56. The number of hydrogen-bond donors (Lipinski definition) is 0. The van der Waals surface area contributed by atoms with Crippen molar-refractivity contribution in [3.05, 3.63) is 30.3 Å². The lowest BCUT2D eigenvalue weighted by atomic mass is 9.93. The van der Waals surface area contributed by atoms with Gasteiger partial charge in [-0.3, -0.25) is 4.79 Å². The Morgan fingerprint density at radius 3 is 2.79 bits per heavy atom. The van der Waals surface area contributed by atoms with Gasteiger partial charge in [0.15, 0.2) is 0 Å². The number of hydrogen-bond acceptors (Lipinski definition) is 3. The molecule has 3 rings (SSSR count). The van der Waals surface area contributed by atoms with E-state index in [4.69, 9.17) is 4.74 Å². The van der Waals surface area contributed by atoms with Crippen molar-refractivity contribution in [2.24, 2.45) is 5.41 Å². The minimum absolute atomic E-state index is 0.0310. The van der Waals surface area contributed by atoms with Crippen LogP contribution in [0.2, 0.25) is 0 Å². The summed E-state index contributed by atoms with van der Waals surface area (Å²) in [5.74, 6) is 0.148. The lowest BCUT2D eigenvalue weighted by Crippen LogP contribution is -2.45. The van der Waals surface area contributed by atoms with E-state index in [1.807, 2.05) is 69.6 Å². The van der Waals surface area contributed by atoms with Crippen LogP contribution in [-0.2, 0) is 9.53 Å². The Kier molecular flexibility index (Phi) is 5.32. The molecule has 1 aromatic rings. The molecule has 1 saturated carbocycles. The van der Waals surface area contributed by atoms with Gasteiger partial charge < -0.3 is 14.5 Å². The van der Waals surface area contributed by atoms with E-state index >= 15 is 0 Å². The molecule has 2 aliphatic rings. The second-order valence-electron chi connectivity index (χ2n) is 6.58. The summed E-state index contributed by atoms with van der Waals surface area (Å²) in [5.41, 5.74) is 0.988. The van der Waals surface area contributed by atoms with Crippen LogP contribution in [0.1, 0.15) is 32.6 Å². The molecule has 2 amide bonds. The summed E-state index contributed by atoms with van der Waals surface area (Å²) in [4.78, 5) is 28.4. The van der Waals surface area contributed by atoms with Crippen LogP contribution in [0.3, 0.4) is 0 Å². The van der Waals surface area contributed by atoms with Crippen molar-refractivity contribution in [1.29, 1.82) is 0 Å². The molecule has 1 aliphatic carbocycles. The molecule has 2 atom stereocenters. The number of halogens is 1. The minimum atomic E-state index is -0.234. The van der Waals surface area contributed by atoms with Gasteiger partial charge in [-0.2, -0.15) is 0 Å². The van der Waals surface area contributed by atoms with Gasteiger partial charge in [0.2, 0.25) is 5.91 Å². The largest absolute Gasteiger partial charge is 0.439 e. The van der Waals surface area contributed by atoms with Gasteiger partial charge in [0, 0.05) is 36.7 Å². The zero-order valence-corrected chi connectivity index (χ0v) is 16.1. The van der Waals surface area contributed by atoms with Gasteiger partial charge in [-0.05, 0) is 54.0 Å². The van der Waals surface area contributed by atoms with Crippen LogP contribution in [0, 0.1) is 5.41 Å². The molecule has 1 heterocycles. The molecule has 1 unspecified atom stereocenters. The standard InChI is InChI=1S/C18H23IN2O3/c1-2-16(22)21(14-7-4-3-5-8-14)15-11-18(15)9-6-10-20(12-18)17(23)24-13-19/h3-5,7-8,15H,2,6,9-13H2,1H3/t15-,18?/m1/s1. The van der Waals surface area contributed by atoms with E-state index in [0.717, 1.165) is 31.5 Å². The number of amides is 2. The van der Waals surface area contributed by atoms with Crippen molar-refractivity contribution >= 4 is 40.3 Å². The second-order valence-corrected chi connectivity index (χ2v) is 7.20. The Bertz CT molecular complexity index is 610. The lowest BCUT2D eigenvalue weighted by molar-refractivity contribution is -0.118. The SMILES string of the molecule is CCC(=O)N(c1ccccc1)[C@@H]1CC12CCCN(C(=O)OCI)C2. The highest BCUT2D eigenvalue weighted by Gasteiger charge is 2.60. The first-order chi connectivity index (χ1) is 11.6. The van der Waals surface area contributed by atoms with Gasteiger partial charge in [0.05, 0.1) is 0 Å². The summed E-state index contributed by atoms with van der Waals surface area (Å²) in [6, 6.07) is 10.1. The first kappa shape index (κ1) is 17.5. The van der Waals surface area contributed by atoms with Crippen molar-refractivity contribution in [3.63, 3.8) is 0 Å². The number of rotatable bonds is 4. The number of nitrogens with zero attached hydrogens (tertiary/aromatic N) is 2. The van der Waals surface area contributed by atoms with Gasteiger partial charge in [0.1, 0.15) is 4.61 Å². The van der Waals surface area contributed by atoms with Gasteiger partial charge >= 0.3 is 6.09 Å². The number of anilines is 1. The molecule has 1 spiro atoms. The zero-order chi connectivity index (χ0) is 17.2. The van der Waals surface area contributed by atoms with Gasteiger partial charge in [-0.25, -0.2) is 4.79 Å². The van der Waals surface area contributed by atoms with Crippen molar-refractivity contribution < 1.29 is 14.3 Å². The van der Waals surface area contributed by atoms with Crippen LogP contribution < -0.4 is 4.90 Å². The number of alkyl halides is 1. The number of piperidine rings is 1. The molecule has 1 aromatic carbocycles. The van der Waals surface area contributed by atoms with E-state index in [0.29, 0.717) is 17.6 Å². The molecule has 24 heavy (non-hydrogen) atoms. The fourth-order valence-electron chi connectivity index (χ4n) is 3.84. The predicted octanol–water partition coefficient (Wildman–Crippen LogP) is 3.81. The molecule has 2 fully saturated rings. The molecule has 0 radical (unpaired) electrons. The Balaban J connectivity index is 1.77. The number of benzene rings is 1. The average molecular weight is 442 g/mol. The third kappa shape index (κ3) is 3.38. The molecule has 5 nitrogen and oxygen atoms in total. The molecule has 0 bridgehead atoms. The highest BCUT2D eigenvalue weighted by atomic mass is 127. The summed E-state index contributed by atoms with van der Waals surface area (Å²) < 4.78 is 5.51. The van der Waals surface area contributed by atoms with Crippen LogP contribution in [0.5, 0.6) is 0 Å². The van der Waals surface area contributed by atoms with E-state index in [9.17, 15) is 9.59 Å². The Morgan fingerprint density at radius 1 is 1.38 bits per heavy atom. The van der Waals surface area contributed by atoms with Crippen molar-refractivity contribution in [2.75, 3.05) is 22.6 Å². The summed E-state index contributed by atoms with van der Waals surface area (Å²) in [7, 11) is 0. The van der Waals surface area contributed by atoms with Gasteiger partial charge in [-0.1, -0.05) is 25.1 Å². The number of ether oxygens (including phenoxy) is 1. The van der Waals surface area contributed by atoms with Gasteiger partial charge in [0.25, 0.3) is 0 Å². The average Bonchev–Trinajstić information content (AvgIpc) is 3.28. The highest BCUT2D eigenvalue weighted by molar-refractivity contribution is 14.1. The Hall–Kier alpha value is -1.31. The van der Waals surface area contributed by atoms with Gasteiger partial charge in [-0.15, -0.1) is 0 Å². The van der Waals surface area contributed by atoms with Crippen molar-refractivity contribution in [3.8, 4) is 0 Å². The summed E-state index contributed by atoms with van der Waals surface area (Å²) in [6.45, 7) is 3.34. The van der Waals surface area contributed by atoms with Crippen molar-refractivity contribution in [1.82, 2.24) is 4.90 Å². The van der Waals surface area contributed by atoms with E-state index in [-0.39, 0.29) is 23.5 Å². The summed E-state index contributed by atoms with van der Waals surface area (Å²) >= 11 is 2.04. The molecule has 1 aliphatic heterocycles. The van der Waals surface area contributed by atoms with Crippen LogP contribution in [0.15, 0.2) is 30.3 Å². The Morgan fingerprint density at radius 2 is 2.12 bits per heavy atom. The quantitative estimate of drug-likeness (QED) is 0.527. The molecular weight excluding hydrogens is 419 g/mol. The maximum absolute atomic E-state index is 12.6. The normalized spacial score (nSPS) is 25.4. The third-order valence-electron chi connectivity index (χ3n) is 5.11. The number of para-hydroxylation sites is 1. The maximum atomic E-state index is 12.6. The predicted molar refractivity (Wildman–Crippen MR) is 101 cm³/mol. The molecule has 130 valence electrons. The van der Waals surface area contributed by atoms with E-state index in [1.165, 1.54) is 0 Å². The van der Waals surface area contributed by atoms with Crippen LogP contribution in [-0.4, -0.2) is 40.6 Å². The Labute approximate surface area is 156 Å². The third-order valence-corrected chi connectivity index (χ3v) is 5.42. The second kappa shape index (κ2) is 7.29. The number of likely N-dealkylation sites (tertiary alicyclic amines) is 1. The van der Waals surface area contributed by atoms with Crippen LogP contribution in [0.25, 0.3) is 0 Å². The van der Waals surface area contributed by atoms with Crippen molar-refractivity contribution in [2.45, 2.75) is 38.6 Å².